The standard InChI is InChI=1S/C16H23NO/c1-13-7-9-14(10-8-13)16(2,3)12-17-11-5-4-6-15(17)18/h7-10H,4-6,11-12H2,1-3H3. The van der Waals surface area contributed by atoms with Gasteiger partial charge in [0.15, 0.2) is 0 Å². The van der Waals surface area contributed by atoms with E-state index in [-0.39, 0.29) is 5.41 Å². The maximum atomic E-state index is 11.9. The number of benzene rings is 1. The normalized spacial score (nSPS) is 17.1. The van der Waals surface area contributed by atoms with Gasteiger partial charge < -0.3 is 4.90 Å². The SMILES string of the molecule is Cc1ccc(C(C)(C)CN2CCCCC2=O)cc1. The van der Waals surface area contributed by atoms with E-state index in [9.17, 15) is 4.79 Å². The molecule has 1 heterocycles. The Morgan fingerprint density at radius 1 is 1.17 bits per heavy atom. The Balaban J connectivity index is 2.10. The van der Waals surface area contributed by atoms with Crippen LogP contribution in [-0.4, -0.2) is 23.9 Å². The van der Waals surface area contributed by atoms with Gasteiger partial charge in [-0.05, 0) is 25.3 Å². The molecule has 2 heteroatoms. The summed E-state index contributed by atoms with van der Waals surface area (Å²) in [5.74, 6) is 0.321. The third-order valence-corrected chi connectivity index (χ3v) is 3.84. The third kappa shape index (κ3) is 2.92. The van der Waals surface area contributed by atoms with Crippen LogP contribution in [0.15, 0.2) is 24.3 Å². The van der Waals surface area contributed by atoms with Gasteiger partial charge in [-0.25, -0.2) is 0 Å². The first-order valence-electron chi connectivity index (χ1n) is 6.84. The van der Waals surface area contributed by atoms with Crippen molar-refractivity contribution in [3.05, 3.63) is 35.4 Å². The van der Waals surface area contributed by atoms with E-state index in [1.165, 1.54) is 11.1 Å². The van der Waals surface area contributed by atoms with E-state index in [2.05, 4.69) is 45.0 Å². The van der Waals surface area contributed by atoms with E-state index in [0.717, 1.165) is 32.4 Å². The van der Waals surface area contributed by atoms with E-state index >= 15 is 0 Å². The highest BCUT2D eigenvalue weighted by atomic mass is 16.2. The fourth-order valence-electron chi connectivity index (χ4n) is 2.60. The Hall–Kier alpha value is -1.31. The highest BCUT2D eigenvalue weighted by Crippen LogP contribution is 2.26. The Bertz CT molecular complexity index is 419. The number of piperidine rings is 1. The molecule has 0 bridgehead atoms. The van der Waals surface area contributed by atoms with Crippen molar-refractivity contribution in [2.75, 3.05) is 13.1 Å². The van der Waals surface area contributed by atoms with Gasteiger partial charge in [-0.1, -0.05) is 43.7 Å². The summed E-state index contributed by atoms with van der Waals surface area (Å²) in [6.07, 6.45) is 2.93. The van der Waals surface area contributed by atoms with Gasteiger partial charge in [0.2, 0.25) is 5.91 Å². The van der Waals surface area contributed by atoms with E-state index in [0.29, 0.717) is 5.91 Å². The number of carbonyl (C=O) groups is 1. The minimum absolute atomic E-state index is 0.0285. The third-order valence-electron chi connectivity index (χ3n) is 3.84. The van der Waals surface area contributed by atoms with Crippen LogP contribution in [0.3, 0.4) is 0 Å². The van der Waals surface area contributed by atoms with Crippen LogP contribution in [0.25, 0.3) is 0 Å². The Labute approximate surface area is 110 Å². The number of hydrogen-bond acceptors (Lipinski definition) is 1. The number of amides is 1. The zero-order chi connectivity index (χ0) is 13.2. The molecule has 0 unspecified atom stereocenters. The fourth-order valence-corrected chi connectivity index (χ4v) is 2.60. The van der Waals surface area contributed by atoms with Crippen LogP contribution in [-0.2, 0) is 10.2 Å². The molecule has 1 aliphatic rings. The van der Waals surface area contributed by atoms with Crippen LogP contribution in [0, 0.1) is 6.92 Å². The van der Waals surface area contributed by atoms with Crippen molar-refractivity contribution in [1.82, 2.24) is 4.90 Å². The minimum Gasteiger partial charge on any atom is -0.342 e. The van der Waals surface area contributed by atoms with Crippen molar-refractivity contribution >= 4 is 5.91 Å². The van der Waals surface area contributed by atoms with Gasteiger partial charge in [0.25, 0.3) is 0 Å². The number of carbonyl (C=O) groups excluding carboxylic acids is 1. The molecule has 18 heavy (non-hydrogen) atoms. The predicted octanol–water partition coefficient (Wildman–Crippen LogP) is 3.29. The first-order valence-corrected chi connectivity index (χ1v) is 6.84. The number of aryl methyl sites for hydroxylation is 1. The molecule has 0 aliphatic carbocycles. The topological polar surface area (TPSA) is 20.3 Å². The monoisotopic (exact) mass is 245 g/mol. The van der Waals surface area contributed by atoms with Crippen molar-refractivity contribution in [2.45, 2.75) is 45.4 Å². The van der Waals surface area contributed by atoms with Crippen molar-refractivity contribution in [1.29, 1.82) is 0 Å². The molecule has 2 nitrogen and oxygen atoms in total. The van der Waals surface area contributed by atoms with Gasteiger partial charge in [0.1, 0.15) is 0 Å². The number of nitrogens with zero attached hydrogens (tertiary/aromatic N) is 1. The lowest BCUT2D eigenvalue weighted by Gasteiger charge is -2.35. The summed E-state index contributed by atoms with van der Waals surface area (Å²) in [6.45, 7) is 8.30. The Morgan fingerprint density at radius 2 is 1.83 bits per heavy atom. The molecule has 2 rings (SSSR count). The molecule has 1 fully saturated rings. The highest BCUT2D eigenvalue weighted by molar-refractivity contribution is 5.77. The Kier molecular flexibility index (Phi) is 3.74. The molecule has 0 N–H and O–H groups in total. The molecule has 0 radical (unpaired) electrons. The molecule has 1 aromatic carbocycles. The molecule has 0 saturated carbocycles. The van der Waals surface area contributed by atoms with Gasteiger partial charge in [-0.3, -0.25) is 4.79 Å². The molecule has 98 valence electrons. The van der Waals surface area contributed by atoms with Crippen molar-refractivity contribution < 1.29 is 4.79 Å². The summed E-state index contributed by atoms with van der Waals surface area (Å²) >= 11 is 0. The number of likely N-dealkylation sites (tertiary alicyclic amines) is 1. The average Bonchev–Trinajstić information content (AvgIpc) is 2.32. The van der Waals surface area contributed by atoms with Crippen LogP contribution < -0.4 is 0 Å². The summed E-state index contributed by atoms with van der Waals surface area (Å²) in [5, 5.41) is 0. The fraction of sp³-hybridized carbons (Fsp3) is 0.562. The molecule has 1 aliphatic heterocycles. The van der Waals surface area contributed by atoms with Crippen LogP contribution in [0.4, 0.5) is 0 Å². The van der Waals surface area contributed by atoms with E-state index in [1.54, 1.807) is 0 Å². The smallest absolute Gasteiger partial charge is 0.222 e. The van der Waals surface area contributed by atoms with Gasteiger partial charge in [0.05, 0.1) is 0 Å². The zero-order valence-corrected chi connectivity index (χ0v) is 11.7. The molecular formula is C16H23NO. The van der Waals surface area contributed by atoms with E-state index in [4.69, 9.17) is 0 Å². The van der Waals surface area contributed by atoms with Crippen molar-refractivity contribution in [3.63, 3.8) is 0 Å². The summed E-state index contributed by atoms with van der Waals surface area (Å²) < 4.78 is 0. The second kappa shape index (κ2) is 5.13. The van der Waals surface area contributed by atoms with Crippen LogP contribution >= 0.6 is 0 Å². The summed E-state index contributed by atoms with van der Waals surface area (Å²) in [4.78, 5) is 13.9. The summed E-state index contributed by atoms with van der Waals surface area (Å²) in [5.41, 5.74) is 2.62. The van der Waals surface area contributed by atoms with Gasteiger partial charge >= 0.3 is 0 Å². The van der Waals surface area contributed by atoms with Crippen LogP contribution in [0.5, 0.6) is 0 Å². The number of hydrogen-bond donors (Lipinski definition) is 0. The lowest BCUT2D eigenvalue weighted by atomic mass is 9.83. The van der Waals surface area contributed by atoms with Gasteiger partial charge in [0, 0.05) is 24.9 Å². The van der Waals surface area contributed by atoms with E-state index < -0.39 is 0 Å². The Morgan fingerprint density at radius 3 is 2.44 bits per heavy atom. The zero-order valence-electron chi connectivity index (χ0n) is 11.7. The lowest BCUT2D eigenvalue weighted by molar-refractivity contribution is -0.134. The second-order valence-corrected chi connectivity index (χ2v) is 6.02. The van der Waals surface area contributed by atoms with Gasteiger partial charge in [-0.15, -0.1) is 0 Å². The van der Waals surface area contributed by atoms with Crippen molar-refractivity contribution in [2.24, 2.45) is 0 Å². The molecule has 1 amide bonds. The van der Waals surface area contributed by atoms with Crippen LogP contribution in [0.1, 0.15) is 44.2 Å². The molecule has 1 aromatic rings. The second-order valence-electron chi connectivity index (χ2n) is 6.02. The quantitative estimate of drug-likeness (QED) is 0.800. The molecule has 0 spiro atoms. The first-order chi connectivity index (χ1) is 8.49. The maximum Gasteiger partial charge on any atom is 0.222 e. The molecule has 1 saturated heterocycles. The largest absolute Gasteiger partial charge is 0.342 e. The van der Waals surface area contributed by atoms with Gasteiger partial charge in [-0.2, -0.15) is 0 Å². The first kappa shape index (κ1) is 13.1. The maximum absolute atomic E-state index is 11.9. The minimum atomic E-state index is 0.0285. The lowest BCUT2D eigenvalue weighted by Crippen LogP contribution is -2.43. The van der Waals surface area contributed by atoms with Crippen LogP contribution in [0.2, 0.25) is 0 Å². The molecule has 0 aromatic heterocycles. The number of rotatable bonds is 3. The van der Waals surface area contributed by atoms with Crippen molar-refractivity contribution in [3.8, 4) is 0 Å². The molecular weight excluding hydrogens is 222 g/mol. The predicted molar refractivity (Wildman–Crippen MR) is 74.6 cm³/mol. The summed E-state index contributed by atoms with van der Waals surface area (Å²) in [7, 11) is 0. The molecule has 0 atom stereocenters. The van der Waals surface area contributed by atoms with E-state index in [1.807, 2.05) is 4.90 Å². The highest BCUT2D eigenvalue weighted by Gasteiger charge is 2.27. The summed E-state index contributed by atoms with van der Waals surface area (Å²) in [6, 6.07) is 8.66. The average molecular weight is 245 g/mol.